The predicted octanol–water partition coefficient (Wildman–Crippen LogP) is 3.59. The van der Waals surface area contributed by atoms with Crippen molar-refractivity contribution in [3.05, 3.63) is 12.2 Å². The molecule has 0 aromatic heterocycles. The molecule has 0 radical (unpaired) electrons. The van der Waals surface area contributed by atoms with Crippen molar-refractivity contribution in [1.82, 2.24) is 0 Å². The molecule has 0 amide bonds. The molecule has 0 atom stereocenters. The van der Waals surface area contributed by atoms with E-state index in [-0.39, 0.29) is 5.57 Å². The van der Waals surface area contributed by atoms with Crippen LogP contribution in [0, 0.1) is 0 Å². The van der Waals surface area contributed by atoms with E-state index in [4.69, 9.17) is 5.11 Å². The maximum absolute atomic E-state index is 11.2. The number of hydrogen-bond donors (Lipinski definition) is 1. The molecule has 0 unspecified atom stereocenters. The Morgan fingerprint density at radius 2 is 1.39 bits per heavy atom. The molecule has 0 heterocycles. The Labute approximate surface area is 118 Å². The first kappa shape index (κ1) is 20.0. The fourth-order valence-corrected chi connectivity index (χ4v) is 9.74. The van der Waals surface area contributed by atoms with Gasteiger partial charge in [-0.15, -0.1) is 0 Å². The summed E-state index contributed by atoms with van der Waals surface area (Å²) < 4.78 is 3.22. The first-order valence-electron chi connectivity index (χ1n) is 6.75. The minimum atomic E-state index is -1.66. The van der Waals surface area contributed by atoms with Crippen LogP contribution in [0.15, 0.2) is 12.2 Å². The molecule has 0 fully saturated rings. The van der Waals surface area contributed by atoms with Crippen molar-refractivity contribution in [1.29, 1.82) is 0 Å². The van der Waals surface area contributed by atoms with Crippen LogP contribution in [-0.2, 0) is 9.59 Å². The molecule has 4 heteroatoms. The van der Waals surface area contributed by atoms with Gasteiger partial charge in [0.05, 0.1) is 0 Å². The number of carboxylic acid groups (broad SMARTS) is 1. The second-order valence-corrected chi connectivity index (χ2v) is 14.3. The normalized spacial score (nSPS) is 9.61. The first-order valence-corrected chi connectivity index (χ1v) is 13.1. The zero-order valence-corrected chi connectivity index (χ0v) is 15.6. The van der Waals surface area contributed by atoms with Crippen molar-refractivity contribution in [2.24, 2.45) is 0 Å². The Morgan fingerprint density at radius 3 is 1.56 bits per heavy atom. The van der Waals surface area contributed by atoms with Crippen LogP contribution in [0.3, 0.4) is 0 Å². The second kappa shape index (κ2) is 13.1. The van der Waals surface area contributed by atoms with Gasteiger partial charge in [0, 0.05) is 5.57 Å². The Hall–Kier alpha value is -0.321. The molecule has 0 saturated heterocycles. The Morgan fingerprint density at radius 1 is 1.06 bits per heavy atom. The summed E-state index contributed by atoms with van der Waals surface area (Å²) in [6.45, 7) is 10.8. The van der Waals surface area contributed by atoms with Crippen molar-refractivity contribution >= 4 is 29.5 Å². The Kier molecular flexibility index (Phi) is 14.6. The van der Waals surface area contributed by atoms with E-state index in [1.54, 1.807) is 0 Å². The van der Waals surface area contributed by atoms with Crippen molar-refractivity contribution < 1.29 is 14.7 Å². The van der Waals surface area contributed by atoms with E-state index in [9.17, 15) is 9.59 Å². The predicted molar refractivity (Wildman–Crippen MR) is 79.7 cm³/mol. The molecule has 0 rings (SSSR count). The molecule has 3 nitrogen and oxygen atoms in total. The summed E-state index contributed by atoms with van der Waals surface area (Å²) in [5, 5.41) is 7.89. The molecule has 0 aliphatic carbocycles. The van der Waals surface area contributed by atoms with Crippen molar-refractivity contribution in [2.75, 3.05) is 0 Å². The molecule has 106 valence electrons. The molecule has 0 aliphatic rings. The van der Waals surface area contributed by atoms with Gasteiger partial charge in [-0.05, 0) is 6.92 Å². The van der Waals surface area contributed by atoms with E-state index < -0.39 is 25.7 Å². The topological polar surface area (TPSA) is 54.4 Å². The molecule has 0 bridgehead atoms. The van der Waals surface area contributed by atoms with Gasteiger partial charge >= 0.3 is 89.7 Å². The standard InChI is InChI=1S/C4H6O2.2C4H9.C2H3O.Sn.H/c1-3(2)4(5)6;2*1-3-4-2;1-2-3;;/h1H2,2H3,(H,5,6);2*1,3-4H2,2H3;1H3;;. The molecular weight excluding hydrogens is 335 g/mol. The summed E-state index contributed by atoms with van der Waals surface area (Å²) >= 11 is -1.66. The number of unbranched alkanes of at least 4 members (excludes halogenated alkanes) is 2. The van der Waals surface area contributed by atoms with Gasteiger partial charge in [0.1, 0.15) is 0 Å². The van der Waals surface area contributed by atoms with Gasteiger partial charge < -0.3 is 5.11 Å². The number of carbonyl (C=O) groups excluding carboxylic acids is 1. The summed E-state index contributed by atoms with van der Waals surface area (Å²) in [6.07, 6.45) is 5.10. The fraction of sp³-hybridized carbons (Fsp3) is 0.714. The van der Waals surface area contributed by atoms with Crippen LogP contribution in [0.1, 0.15) is 53.4 Å². The van der Waals surface area contributed by atoms with E-state index in [1.807, 2.05) is 6.92 Å². The number of carboxylic acids is 1. The Balaban J connectivity index is 0. The SMILES string of the molecule is C=C(C)C(=O)O.CCC[CH2][SnH]([CH2]CCC)[C](C)=O. The maximum atomic E-state index is 11.2. The monoisotopic (exact) mass is 364 g/mol. The zero-order chi connectivity index (χ0) is 14.6. The number of carbonyl (C=O) groups is 2. The van der Waals surface area contributed by atoms with Crippen LogP contribution in [0.5, 0.6) is 0 Å². The van der Waals surface area contributed by atoms with Crippen LogP contribution in [0.4, 0.5) is 0 Å². The van der Waals surface area contributed by atoms with Gasteiger partial charge in [0.25, 0.3) is 0 Å². The van der Waals surface area contributed by atoms with E-state index in [0.29, 0.717) is 3.80 Å². The first-order chi connectivity index (χ1) is 8.36. The summed E-state index contributed by atoms with van der Waals surface area (Å²) in [6, 6.07) is 0. The summed E-state index contributed by atoms with van der Waals surface area (Å²) in [5.74, 6) is -0.935. The molecular formula is C14H28O3Sn. The molecule has 18 heavy (non-hydrogen) atoms. The molecule has 0 aromatic carbocycles. The van der Waals surface area contributed by atoms with Crippen LogP contribution < -0.4 is 0 Å². The average molecular weight is 363 g/mol. The van der Waals surface area contributed by atoms with Gasteiger partial charge in [-0.25, -0.2) is 4.79 Å². The fourth-order valence-electron chi connectivity index (χ4n) is 1.45. The molecule has 0 saturated carbocycles. The second-order valence-electron chi connectivity index (χ2n) is 4.68. The quantitative estimate of drug-likeness (QED) is 0.530. The van der Waals surface area contributed by atoms with Gasteiger partial charge in [-0.1, -0.05) is 6.58 Å². The van der Waals surface area contributed by atoms with Gasteiger partial charge in [0.15, 0.2) is 0 Å². The number of hydrogen-bond acceptors (Lipinski definition) is 2. The van der Waals surface area contributed by atoms with Crippen LogP contribution in [0.2, 0.25) is 8.87 Å². The van der Waals surface area contributed by atoms with Crippen molar-refractivity contribution in [3.8, 4) is 0 Å². The van der Waals surface area contributed by atoms with E-state index in [2.05, 4.69) is 20.4 Å². The van der Waals surface area contributed by atoms with E-state index >= 15 is 0 Å². The Bertz CT molecular complexity index is 242. The van der Waals surface area contributed by atoms with Crippen molar-refractivity contribution in [2.45, 2.75) is 62.3 Å². The number of aliphatic carboxylic acids is 1. The van der Waals surface area contributed by atoms with Gasteiger partial charge in [-0.2, -0.15) is 0 Å². The average Bonchev–Trinajstić information content (AvgIpc) is 2.29. The van der Waals surface area contributed by atoms with E-state index in [1.165, 1.54) is 41.5 Å². The van der Waals surface area contributed by atoms with Gasteiger partial charge in [0.2, 0.25) is 0 Å². The molecule has 0 spiro atoms. The van der Waals surface area contributed by atoms with Crippen LogP contribution >= 0.6 is 0 Å². The van der Waals surface area contributed by atoms with Gasteiger partial charge in [-0.3, -0.25) is 0 Å². The summed E-state index contributed by atoms with van der Waals surface area (Å²) in [5.41, 5.74) is 0.176. The van der Waals surface area contributed by atoms with E-state index in [0.717, 1.165) is 0 Å². The van der Waals surface area contributed by atoms with Crippen molar-refractivity contribution in [3.63, 3.8) is 0 Å². The third-order valence-corrected chi connectivity index (χ3v) is 12.3. The minimum absolute atomic E-state index is 0.176. The van der Waals surface area contributed by atoms with Crippen LogP contribution in [-0.4, -0.2) is 34.6 Å². The number of rotatable bonds is 8. The third kappa shape index (κ3) is 13.7. The molecule has 0 aromatic rings. The zero-order valence-electron chi connectivity index (χ0n) is 12.3. The van der Waals surface area contributed by atoms with Crippen LogP contribution in [0.25, 0.3) is 0 Å². The molecule has 1 N–H and O–H groups in total. The molecule has 0 aliphatic heterocycles. The summed E-state index contributed by atoms with van der Waals surface area (Å²) in [4.78, 5) is 20.8. The summed E-state index contributed by atoms with van der Waals surface area (Å²) in [7, 11) is 0. The third-order valence-electron chi connectivity index (χ3n) is 2.75.